The lowest BCUT2D eigenvalue weighted by Crippen LogP contribution is -2.59. The van der Waals surface area contributed by atoms with Crippen LogP contribution in [0.15, 0.2) is 24.3 Å². The minimum atomic E-state index is -4.81. The highest BCUT2D eigenvalue weighted by atomic mass is 19.4. The summed E-state index contributed by atoms with van der Waals surface area (Å²) in [6.45, 7) is 6.37. The number of hydrogen-bond acceptors (Lipinski definition) is 2. The Morgan fingerprint density at radius 2 is 1.60 bits per heavy atom. The molecule has 1 unspecified atom stereocenters. The summed E-state index contributed by atoms with van der Waals surface area (Å²) in [6.07, 6.45) is -4.81. The highest BCUT2D eigenvalue weighted by Crippen LogP contribution is 2.32. The van der Waals surface area contributed by atoms with Crippen molar-refractivity contribution in [2.75, 3.05) is 5.32 Å². The highest BCUT2D eigenvalue weighted by Gasteiger charge is 2.54. The standard InChI is InChI=1S/C14H19F3N2O/c1-12(2,3)9-7-5-6-8-10(9)19-11(20)13(4,18)14(15,16)17/h5-8H,18H2,1-4H3,(H,19,20). The van der Waals surface area contributed by atoms with Crippen molar-refractivity contribution < 1.29 is 18.0 Å². The first-order valence-corrected chi connectivity index (χ1v) is 6.14. The summed E-state index contributed by atoms with van der Waals surface area (Å²) in [4.78, 5) is 11.8. The number of alkyl halides is 3. The minimum Gasteiger partial charge on any atom is -0.324 e. The number of carbonyl (C=O) groups is 1. The van der Waals surface area contributed by atoms with E-state index in [9.17, 15) is 18.0 Å². The quantitative estimate of drug-likeness (QED) is 0.878. The Labute approximate surface area is 116 Å². The fourth-order valence-corrected chi connectivity index (χ4v) is 1.63. The molecule has 3 N–H and O–H groups in total. The Kier molecular flexibility index (Phi) is 4.20. The third-order valence-electron chi connectivity index (χ3n) is 3.04. The molecule has 0 radical (unpaired) electrons. The number of halogens is 3. The van der Waals surface area contributed by atoms with Gasteiger partial charge < -0.3 is 11.1 Å². The third kappa shape index (κ3) is 3.30. The van der Waals surface area contributed by atoms with Gasteiger partial charge in [-0.1, -0.05) is 39.0 Å². The predicted molar refractivity (Wildman–Crippen MR) is 72.4 cm³/mol. The van der Waals surface area contributed by atoms with E-state index in [1.165, 1.54) is 0 Å². The van der Waals surface area contributed by atoms with E-state index in [0.717, 1.165) is 5.56 Å². The fraction of sp³-hybridized carbons (Fsp3) is 0.500. The first-order chi connectivity index (χ1) is 8.87. The molecular weight excluding hydrogens is 269 g/mol. The molecule has 0 aliphatic heterocycles. The van der Waals surface area contributed by atoms with Crippen molar-refractivity contribution in [3.8, 4) is 0 Å². The second-order valence-corrected chi connectivity index (χ2v) is 5.95. The van der Waals surface area contributed by atoms with Crippen molar-refractivity contribution in [1.82, 2.24) is 0 Å². The lowest BCUT2D eigenvalue weighted by Gasteiger charge is -2.28. The Morgan fingerprint density at radius 1 is 1.10 bits per heavy atom. The predicted octanol–water partition coefficient (Wildman–Crippen LogP) is 3.20. The number of rotatable bonds is 2. The molecule has 1 rings (SSSR count). The molecule has 0 saturated heterocycles. The molecule has 0 fully saturated rings. The van der Waals surface area contributed by atoms with Gasteiger partial charge in [0.2, 0.25) is 0 Å². The topological polar surface area (TPSA) is 55.1 Å². The van der Waals surface area contributed by atoms with Gasteiger partial charge in [0.25, 0.3) is 5.91 Å². The van der Waals surface area contributed by atoms with Crippen LogP contribution in [0.5, 0.6) is 0 Å². The Morgan fingerprint density at radius 3 is 2.05 bits per heavy atom. The number of hydrogen-bond donors (Lipinski definition) is 2. The summed E-state index contributed by atoms with van der Waals surface area (Å²) in [5.74, 6) is -1.28. The van der Waals surface area contributed by atoms with Crippen molar-refractivity contribution in [2.45, 2.75) is 44.8 Å². The second-order valence-electron chi connectivity index (χ2n) is 5.95. The van der Waals surface area contributed by atoms with E-state index in [4.69, 9.17) is 5.73 Å². The Hall–Kier alpha value is -1.56. The van der Waals surface area contributed by atoms with Gasteiger partial charge in [0.15, 0.2) is 5.54 Å². The van der Waals surface area contributed by atoms with Crippen LogP contribution in [0.1, 0.15) is 33.3 Å². The molecule has 0 aliphatic rings. The summed E-state index contributed by atoms with van der Waals surface area (Å²) < 4.78 is 38.2. The van der Waals surface area contributed by atoms with Crippen LogP contribution >= 0.6 is 0 Å². The molecule has 6 heteroatoms. The van der Waals surface area contributed by atoms with Crippen LogP contribution in [-0.2, 0) is 10.2 Å². The van der Waals surface area contributed by atoms with Crippen LogP contribution in [0.3, 0.4) is 0 Å². The zero-order valence-corrected chi connectivity index (χ0v) is 11.9. The van der Waals surface area contributed by atoms with E-state index in [-0.39, 0.29) is 5.41 Å². The number of benzene rings is 1. The third-order valence-corrected chi connectivity index (χ3v) is 3.04. The summed E-state index contributed by atoms with van der Waals surface area (Å²) in [5.41, 5.74) is 2.94. The monoisotopic (exact) mass is 288 g/mol. The van der Waals surface area contributed by atoms with E-state index in [1.54, 1.807) is 24.3 Å². The van der Waals surface area contributed by atoms with E-state index in [1.807, 2.05) is 20.8 Å². The Bertz CT molecular complexity index is 502. The average Bonchev–Trinajstić information content (AvgIpc) is 2.26. The first-order valence-electron chi connectivity index (χ1n) is 6.14. The normalized spacial score (nSPS) is 15.6. The highest BCUT2D eigenvalue weighted by molar-refractivity contribution is 5.99. The van der Waals surface area contributed by atoms with Crippen molar-refractivity contribution in [3.05, 3.63) is 29.8 Å². The number of nitrogens with one attached hydrogen (secondary N) is 1. The maximum atomic E-state index is 12.7. The van der Waals surface area contributed by atoms with E-state index < -0.39 is 17.6 Å². The summed E-state index contributed by atoms with van der Waals surface area (Å²) in [5, 5.41) is 2.28. The summed E-state index contributed by atoms with van der Waals surface area (Å²) in [7, 11) is 0. The van der Waals surface area contributed by atoms with Crippen LogP contribution in [0.25, 0.3) is 0 Å². The van der Waals surface area contributed by atoms with E-state index in [0.29, 0.717) is 12.6 Å². The summed E-state index contributed by atoms with van der Waals surface area (Å²) >= 11 is 0. The average molecular weight is 288 g/mol. The van der Waals surface area contributed by atoms with Crippen molar-refractivity contribution in [1.29, 1.82) is 0 Å². The lowest BCUT2D eigenvalue weighted by molar-refractivity contribution is -0.184. The van der Waals surface area contributed by atoms with Crippen molar-refractivity contribution in [2.24, 2.45) is 5.73 Å². The second kappa shape index (κ2) is 5.09. The first kappa shape index (κ1) is 16.5. The van der Waals surface area contributed by atoms with Gasteiger partial charge in [-0.05, 0) is 24.0 Å². The smallest absolute Gasteiger partial charge is 0.324 e. The largest absolute Gasteiger partial charge is 0.415 e. The van der Waals surface area contributed by atoms with E-state index in [2.05, 4.69) is 5.32 Å². The van der Waals surface area contributed by atoms with Gasteiger partial charge in [0.05, 0.1) is 0 Å². The van der Waals surface area contributed by atoms with Gasteiger partial charge in [0, 0.05) is 5.69 Å². The molecule has 0 aromatic heterocycles. The molecular formula is C14H19F3N2O. The maximum Gasteiger partial charge on any atom is 0.415 e. The van der Waals surface area contributed by atoms with Crippen LogP contribution in [0, 0.1) is 0 Å². The molecule has 0 aliphatic carbocycles. The molecule has 1 aromatic rings. The van der Waals surface area contributed by atoms with Gasteiger partial charge >= 0.3 is 6.18 Å². The molecule has 1 amide bonds. The SMILES string of the molecule is CC(C)(C)c1ccccc1NC(=O)C(C)(N)C(F)(F)F. The van der Waals surface area contributed by atoms with Gasteiger partial charge in [-0.2, -0.15) is 13.2 Å². The van der Waals surface area contributed by atoms with Gasteiger partial charge in [-0.3, -0.25) is 4.79 Å². The number of carbonyl (C=O) groups excluding carboxylic acids is 1. The minimum absolute atomic E-state index is 0.312. The van der Waals surface area contributed by atoms with Crippen molar-refractivity contribution in [3.63, 3.8) is 0 Å². The van der Waals surface area contributed by atoms with Gasteiger partial charge in [-0.15, -0.1) is 0 Å². The van der Waals surface area contributed by atoms with Crippen molar-refractivity contribution >= 4 is 11.6 Å². The molecule has 1 aromatic carbocycles. The molecule has 0 bridgehead atoms. The molecule has 3 nitrogen and oxygen atoms in total. The van der Waals surface area contributed by atoms with Crippen LogP contribution in [0.2, 0.25) is 0 Å². The Balaban J connectivity index is 3.10. The number of amides is 1. The molecule has 112 valence electrons. The zero-order chi connectivity index (χ0) is 15.8. The number of para-hydroxylation sites is 1. The molecule has 1 atom stereocenters. The maximum absolute atomic E-state index is 12.7. The van der Waals surface area contributed by atoms with Gasteiger partial charge in [0.1, 0.15) is 0 Å². The lowest BCUT2D eigenvalue weighted by atomic mass is 9.85. The van der Waals surface area contributed by atoms with E-state index >= 15 is 0 Å². The molecule has 0 heterocycles. The zero-order valence-electron chi connectivity index (χ0n) is 11.9. The fourth-order valence-electron chi connectivity index (χ4n) is 1.63. The van der Waals surface area contributed by atoms with Crippen LogP contribution in [0.4, 0.5) is 18.9 Å². The van der Waals surface area contributed by atoms with Crippen LogP contribution in [-0.4, -0.2) is 17.6 Å². The molecule has 20 heavy (non-hydrogen) atoms. The van der Waals surface area contributed by atoms with Crippen LogP contribution < -0.4 is 11.1 Å². The molecule has 0 saturated carbocycles. The number of anilines is 1. The molecule has 0 spiro atoms. The summed E-state index contributed by atoms with van der Waals surface area (Å²) in [6, 6.07) is 6.73. The van der Waals surface area contributed by atoms with Gasteiger partial charge in [-0.25, -0.2) is 0 Å². The number of nitrogens with two attached hydrogens (primary N) is 1.